The normalized spacial score (nSPS) is 25.3. The number of hydrazone groups is 1. The molecular weight excluding hydrogens is 324 g/mol. The molecule has 0 saturated carbocycles. The van der Waals surface area contributed by atoms with Gasteiger partial charge in [-0.05, 0) is 50.5 Å². The third-order valence-electron chi connectivity index (χ3n) is 5.08. The number of aliphatic carboxylic acids is 1. The summed E-state index contributed by atoms with van der Waals surface area (Å²) in [6, 6.07) is 0. The van der Waals surface area contributed by atoms with Gasteiger partial charge in [-0.25, -0.2) is 0 Å². The van der Waals surface area contributed by atoms with Crippen LogP contribution in [0.2, 0.25) is 0 Å². The van der Waals surface area contributed by atoms with Crippen molar-refractivity contribution in [1.82, 2.24) is 5.43 Å². The maximum Gasteiger partial charge on any atom is 0.300 e. The highest BCUT2D eigenvalue weighted by Crippen LogP contribution is 2.20. The molecule has 0 radical (unpaired) electrons. The predicted octanol–water partition coefficient (Wildman–Crippen LogP) is 6.22. The van der Waals surface area contributed by atoms with Gasteiger partial charge in [0.25, 0.3) is 5.97 Å². The van der Waals surface area contributed by atoms with E-state index in [1.165, 1.54) is 108 Å². The van der Waals surface area contributed by atoms with Crippen LogP contribution in [0.15, 0.2) is 16.8 Å². The van der Waals surface area contributed by atoms with Crippen LogP contribution in [0, 0.1) is 0 Å². The first-order chi connectivity index (χ1) is 12.7. The quantitative estimate of drug-likeness (QED) is 0.580. The number of nitrogens with zero attached hydrogens (tertiary/aromatic N) is 1. The third kappa shape index (κ3) is 13.0. The number of allylic oxidation sites excluding steroid dienone is 2. The summed E-state index contributed by atoms with van der Waals surface area (Å²) in [5.41, 5.74) is 6.29. The van der Waals surface area contributed by atoms with Crippen LogP contribution in [0.3, 0.4) is 0 Å². The zero-order valence-electron chi connectivity index (χ0n) is 16.9. The average molecular weight is 365 g/mol. The minimum Gasteiger partial charge on any atom is -0.481 e. The summed E-state index contributed by atoms with van der Waals surface area (Å²) in [7, 11) is 0. The summed E-state index contributed by atoms with van der Waals surface area (Å²) in [6.45, 7) is 2.14. The van der Waals surface area contributed by atoms with E-state index in [0.29, 0.717) is 0 Å². The van der Waals surface area contributed by atoms with Crippen molar-refractivity contribution in [3.63, 3.8) is 0 Å². The molecular formula is C22H40N2O2. The maximum atomic E-state index is 9.00. The van der Waals surface area contributed by atoms with Gasteiger partial charge < -0.3 is 10.5 Å². The molecule has 0 unspecified atom stereocenters. The summed E-state index contributed by atoms with van der Waals surface area (Å²) < 4.78 is 0. The van der Waals surface area contributed by atoms with Crippen LogP contribution in [0.4, 0.5) is 0 Å². The first-order valence-corrected chi connectivity index (χ1v) is 10.9. The largest absolute Gasteiger partial charge is 0.481 e. The van der Waals surface area contributed by atoms with Crippen molar-refractivity contribution in [2.45, 2.75) is 110 Å². The lowest BCUT2D eigenvalue weighted by Gasteiger charge is -2.12. The minimum atomic E-state index is -0.833. The van der Waals surface area contributed by atoms with Crippen LogP contribution < -0.4 is 5.43 Å². The number of carboxylic acid groups (broad SMARTS) is 1. The summed E-state index contributed by atoms with van der Waals surface area (Å²) in [4.78, 5) is 9.00. The lowest BCUT2D eigenvalue weighted by atomic mass is 9.97. The lowest BCUT2D eigenvalue weighted by molar-refractivity contribution is -0.134. The standard InChI is InChI=1S/C20H36N2.C2H4O2/c1-2-4-8-12-16-19(15-11-7-3-1)20-17-13-9-5-6-10-14-18-21-22-20;1-2(3)4/h15,21H,1-14,16-18H2;1H3,(H,3,4)/b19-15+,22-20-;. The van der Waals surface area contributed by atoms with E-state index in [9.17, 15) is 0 Å². The summed E-state index contributed by atoms with van der Waals surface area (Å²) in [6.07, 6.45) is 24.2. The molecule has 0 saturated heterocycles. The fourth-order valence-electron chi connectivity index (χ4n) is 3.63. The molecule has 0 bridgehead atoms. The Balaban J connectivity index is 0.000000765. The fourth-order valence-corrected chi connectivity index (χ4v) is 3.63. The zero-order valence-corrected chi connectivity index (χ0v) is 16.9. The van der Waals surface area contributed by atoms with E-state index >= 15 is 0 Å². The molecule has 2 N–H and O–H groups in total. The van der Waals surface area contributed by atoms with Crippen LogP contribution >= 0.6 is 0 Å². The summed E-state index contributed by atoms with van der Waals surface area (Å²) in [5.74, 6) is -0.833. The van der Waals surface area contributed by atoms with Gasteiger partial charge in [-0.1, -0.05) is 63.9 Å². The van der Waals surface area contributed by atoms with Gasteiger partial charge in [0.2, 0.25) is 0 Å². The lowest BCUT2D eigenvalue weighted by Crippen LogP contribution is -2.14. The molecule has 0 atom stereocenters. The topological polar surface area (TPSA) is 61.7 Å². The molecule has 0 aromatic carbocycles. The van der Waals surface area contributed by atoms with Gasteiger partial charge in [-0.3, -0.25) is 4.79 Å². The van der Waals surface area contributed by atoms with Crippen LogP contribution in [0.5, 0.6) is 0 Å². The predicted molar refractivity (Wildman–Crippen MR) is 111 cm³/mol. The highest BCUT2D eigenvalue weighted by atomic mass is 16.4. The van der Waals surface area contributed by atoms with Crippen molar-refractivity contribution in [3.8, 4) is 0 Å². The van der Waals surface area contributed by atoms with Crippen LogP contribution in [0.25, 0.3) is 0 Å². The van der Waals surface area contributed by atoms with Crippen molar-refractivity contribution in [2.24, 2.45) is 5.10 Å². The van der Waals surface area contributed by atoms with E-state index in [2.05, 4.69) is 11.5 Å². The molecule has 0 spiro atoms. The van der Waals surface area contributed by atoms with Crippen molar-refractivity contribution in [2.75, 3.05) is 6.54 Å². The number of nitrogens with one attached hydrogen (secondary N) is 1. The maximum absolute atomic E-state index is 9.00. The van der Waals surface area contributed by atoms with Crippen LogP contribution in [-0.2, 0) is 4.79 Å². The Hall–Kier alpha value is -1.32. The molecule has 1 aliphatic heterocycles. The highest BCUT2D eigenvalue weighted by Gasteiger charge is 2.09. The molecule has 2 rings (SSSR count). The van der Waals surface area contributed by atoms with Gasteiger partial charge in [-0.2, -0.15) is 5.10 Å². The second-order valence-electron chi connectivity index (χ2n) is 7.60. The SMILES string of the molecule is C1=C(/C2=N\NCCCCCCCC2)CCCCCCCCC/1.CC(=O)O. The summed E-state index contributed by atoms with van der Waals surface area (Å²) >= 11 is 0. The van der Waals surface area contributed by atoms with E-state index in [1.54, 1.807) is 5.57 Å². The molecule has 4 heteroatoms. The van der Waals surface area contributed by atoms with Crippen molar-refractivity contribution >= 4 is 11.7 Å². The average Bonchev–Trinajstić information content (AvgIpc) is 2.70. The second-order valence-corrected chi connectivity index (χ2v) is 7.60. The molecule has 26 heavy (non-hydrogen) atoms. The molecule has 0 aromatic heterocycles. The minimum absolute atomic E-state index is 0.833. The van der Waals surface area contributed by atoms with E-state index in [1.807, 2.05) is 0 Å². The number of carbonyl (C=O) groups is 1. The van der Waals surface area contributed by atoms with Crippen LogP contribution in [-0.4, -0.2) is 23.3 Å². The first kappa shape index (κ1) is 22.7. The number of hydrogen-bond donors (Lipinski definition) is 2. The summed E-state index contributed by atoms with van der Waals surface area (Å²) in [5, 5.41) is 12.2. The van der Waals surface area contributed by atoms with Crippen molar-refractivity contribution in [1.29, 1.82) is 0 Å². The number of hydrogen-bond acceptors (Lipinski definition) is 3. The number of rotatable bonds is 1. The fraction of sp³-hybridized carbons (Fsp3) is 0.818. The van der Waals surface area contributed by atoms with Crippen molar-refractivity contribution < 1.29 is 9.90 Å². The molecule has 4 nitrogen and oxygen atoms in total. The van der Waals surface area contributed by atoms with Crippen LogP contribution in [0.1, 0.15) is 110 Å². The van der Waals surface area contributed by atoms with Gasteiger partial charge in [0.1, 0.15) is 0 Å². The third-order valence-corrected chi connectivity index (χ3v) is 5.08. The smallest absolute Gasteiger partial charge is 0.300 e. The van der Waals surface area contributed by atoms with Gasteiger partial charge in [0.05, 0.1) is 5.71 Å². The second kappa shape index (κ2) is 15.9. The number of carboxylic acids is 1. The van der Waals surface area contributed by atoms with E-state index in [4.69, 9.17) is 15.0 Å². The van der Waals surface area contributed by atoms with Gasteiger partial charge in [-0.15, -0.1) is 0 Å². The molecule has 0 fully saturated rings. The molecule has 0 aromatic rings. The first-order valence-electron chi connectivity index (χ1n) is 10.9. The highest BCUT2D eigenvalue weighted by molar-refractivity contribution is 5.99. The monoisotopic (exact) mass is 364 g/mol. The van der Waals surface area contributed by atoms with E-state index in [-0.39, 0.29) is 0 Å². The van der Waals surface area contributed by atoms with Gasteiger partial charge in [0.15, 0.2) is 0 Å². The molecule has 2 aliphatic rings. The van der Waals surface area contributed by atoms with Crippen molar-refractivity contribution in [3.05, 3.63) is 11.6 Å². The van der Waals surface area contributed by atoms with E-state index < -0.39 is 5.97 Å². The zero-order chi connectivity index (χ0) is 18.9. The Labute approximate surface area is 160 Å². The Morgan fingerprint density at radius 2 is 1.35 bits per heavy atom. The molecule has 1 heterocycles. The van der Waals surface area contributed by atoms with E-state index in [0.717, 1.165) is 13.5 Å². The molecule has 0 amide bonds. The molecule has 150 valence electrons. The Kier molecular flexibility index (Phi) is 13.9. The Morgan fingerprint density at radius 3 is 2.00 bits per heavy atom. The van der Waals surface area contributed by atoms with Gasteiger partial charge >= 0.3 is 0 Å². The Morgan fingerprint density at radius 1 is 0.846 bits per heavy atom. The van der Waals surface area contributed by atoms with Gasteiger partial charge in [0, 0.05) is 13.5 Å². The molecule has 1 aliphatic carbocycles. The Bertz CT molecular complexity index is 392.